The molecule has 1 saturated heterocycles. The van der Waals surface area contributed by atoms with E-state index in [2.05, 4.69) is 28.8 Å². The Bertz CT molecular complexity index is 985. The van der Waals surface area contributed by atoms with Gasteiger partial charge in [0.25, 0.3) is 0 Å². The minimum Gasteiger partial charge on any atom is -0.487 e. The highest BCUT2D eigenvalue weighted by atomic mass is 16.5. The summed E-state index contributed by atoms with van der Waals surface area (Å²) in [5.74, 6) is 0.813. The normalized spacial score (nSPS) is 24.5. The maximum atomic E-state index is 11.8. The van der Waals surface area contributed by atoms with Crippen LogP contribution in [0, 0.1) is 0 Å². The molecule has 0 unspecified atom stereocenters. The molecule has 0 bridgehead atoms. The largest absolute Gasteiger partial charge is 0.487 e. The number of carbonyl (C=O) groups excluding carboxylic acids is 1. The van der Waals surface area contributed by atoms with Crippen LogP contribution in [-0.4, -0.2) is 41.9 Å². The van der Waals surface area contributed by atoms with Crippen LogP contribution in [0.25, 0.3) is 0 Å². The minimum absolute atomic E-state index is 0.0924. The van der Waals surface area contributed by atoms with Crippen molar-refractivity contribution in [2.45, 2.75) is 81.8 Å². The number of carbonyl (C=O) groups is 1. The molecule has 2 aromatic carbocycles. The Kier molecular flexibility index (Phi) is 6.91. The van der Waals surface area contributed by atoms with E-state index >= 15 is 0 Å². The maximum Gasteiger partial charge on any atom is 0.217 e. The molecule has 6 nitrogen and oxygen atoms in total. The van der Waals surface area contributed by atoms with Gasteiger partial charge in [-0.15, -0.1) is 0 Å². The predicted octanol–water partition coefficient (Wildman–Crippen LogP) is 3.98. The Morgan fingerprint density at radius 3 is 2.68 bits per heavy atom. The first kappa shape index (κ1) is 23.3. The summed E-state index contributed by atoms with van der Waals surface area (Å²) in [5.41, 5.74) is 3.35. The standard InChI is InChI=1S/C28H36N2O4/c1-19(31)30-23(15-20-7-3-2-4-8-20)25(32)18-29-24-17-28(12-6-13-28)34-27-11-10-21(16-22(24)27)26-9-5-14-33-26/h2-4,7-8,10-11,16,23-26,29,32H,5-6,9,12-15,17-18H2,1H3,(H,30,31)/t23-,24-,25-,26-/m0/s1. The fourth-order valence-electron chi connectivity index (χ4n) is 5.61. The lowest BCUT2D eigenvalue weighted by atomic mass is 9.72. The third kappa shape index (κ3) is 5.14. The first-order chi connectivity index (χ1) is 16.5. The summed E-state index contributed by atoms with van der Waals surface area (Å²) in [5, 5.41) is 17.7. The van der Waals surface area contributed by atoms with Gasteiger partial charge in [0.1, 0.15) is 11.4 Å². The van der Waals surface area contributed by atoms with Crippen molar-refractivity contribution in [2.75, 3.05) is 13.2 Å². The van der Waals surface area contributed by atoms with Gasteiger partial charge in [0.2, 0.25) is 5.91 Å². The number of hydrogen-bond acceptors (Lipinski definition) is 5. The van der Waals surface area contributed by atoms with E-state index in [0.29, 0.717) is 13.0 Å². The van der Waals surface area contributed by atoms with Gasteiger partial charge in [0.15, 0.2) is 0 Å². The lowest BCUT2D eigenvalue weighted by molar-refractivity contribution is -0.120. The Balaban J connectivity index is 1.32. The second-order valence-corrected chi connectivity index (χ2v) is 10.2. The number of benzene rings is 2. The second-order valence-electron chi connectivity index (χ2n) is 10.2. The Hall–Kier alpha value is -2.41. The molecule has 6 heteroatoms. The van der Waals surface area contributed by atoms with E-state index < -0.39 is 6.10 Å². The molecule has 3 aliphatic rings. The quantitative estimate of drug-likeness (QED) is 0.551. The van der Waals surface area contributed by atoms with Crippen LogP contribution in [0.2, 0.25) is 0 Å². The van der Waals surface area contributed by atoms with Crippen molar-refractivity contribution in [3.8, 4) is 5.75 Å². The van der Waals surface area contributed by atoms with Crippen molar-refractivity contribution in [2.24, 2.45) is 0 Å². The minimum atomic E-state index is -0.714. The van der Waals surface area contributed by atoms with E-state index in [0.717, 1.165) is 55.6 Å². The van der Waals surface area contributed by atoms with Gasteiger partial charge in [0, 0.05) is 38.1 Å². The molecule has 3 N–H and O–H groups in total. The highest BCUT2D eigenvalue weighted by molar-refractivity contribution is 5.73. The van der Waals surface area contributed by atoms with E-state index in [1.807, 2.05) is 30.3 Å². The van der Waals surface area contributed by atoms with E-state index in [-0.39, 0.29) is 29.7 Å². The van der Waals surface area contributed by atoms with Crippen LogP contribution in [0.1, 0.15) is 74.3 Å². The molecule has 1 aliphatic carbocycles. The summed E-state index contributed by atoms with van der Waals surface area (Å²) in [6.45, 7) is 2.71. The highest BCUT2D eigenvalue weighted by Gasteiger charge is 2.45. The van der Waals surface area contributed by atoms with Gasteiger partial charge in [0.05, 0.1) is 18.2 Å². The number of ether oxygens (including phenoxy) is 2. The van der Waals surface area contributed by atoms with Gasteiger partial charge in [-0.2, -0.15) is 0 Å². The molecule has 2 aliphatic heterocycles. The third-order valence-electron chi connectivity index (χ3n) is 7.60. The summed E-state index contributed by atoms with van der Waals surface area (Å²) in [6.07, 6.45) is 6.42. The van der Waals surface area contributed by atoms with Crippen molar-refractivity contribution < 1.29 is 19.4 Å². The molecule has 34 heavy (non-hydrogen) atoms. The predicted molar refractivity (Wildman–Crippen MR) is 131 cm³/mol. The number of aliphatic hydroxyl groups is 1. The van der Waals surface area contributed by atoms with Crippen LogP contribution < -0.4 is 15.4 Å². The SMILES string of the molecule is CC(=O)N[C@@H](Cc1ccccc1)[C@@H](O)CN[C@H]1CC2(CCC2)Oc2ccc([C@@H]3CCCO3)cc21. The Morgan fingerprint density at radius 2 is 2.00 bits per heavy atom. The monoisotopic (exact) mass is 464 g/mol. The highest BCUT2D eigenvalue weighted by Crippen LogP contribution is 2.49. The molecule has 2 fully saturated rings. The molecule has 5 rings (SSSR count). The first-order valence-electron chi connectivity index (χ1n) is 12.7. The third-order valence-corrected chi connectivity index (χ3v) is 7.60. The molecule has 1 saturated carbocycles. The maximum absolute atomic E-state index is 11.8. The molecular weight excluding hydrogens is 428 g/mol. The summed E-state index contributed by atoms with van der Waals surface area (Å²) in [7, 11) is 0. The zero-order chi connectivity index (χ0) is 23.5. The number of aliphatic hydroxyl groups excluding tert-OH is 1. The zero-order valence-corrected chi connectivity index (χ0v) is 20.0. The average Bonchev–Trinajstić information content (AvgIpc) is 3.36. The first-order valence-corrected chi connectivity index (χ1v) is 12.7. The fourth-order valence-corrected chi connectivity index (χ4v) is 5.61. The van der Waals surface area contributed by atoms with E-state index in [1.165, 1.54) is 18.9 Å². The molecule has 0 aromatic heterocycles. The van der Waals surface area contributed by atoms with Crippen LogP contribution in [0.4, 0.5) is 0 Å². The van der Waals surface area contributed by atoms with Crippen molar-refractivity contribution in [1.82, 2.24) is 10.6 Å². The van der Waals surface area contributed by atoms with Gasteiger partial charge in [-0.05, 0) is 61.8 Å². The molecular formula is C28H36N2O4. The molecule has 2 aromatic rings. The van der Waals surface area contributed by atoms with Crippen LogP contribution in [0.3, 0.4) is 0 Å². The van der Waals surface area contributed by atoms with E-state index in [1.54, 1.807) is 0 Å². The number of nitrogens with one attached hydrogen (secondary N) is 2. The number of hydrogen-bond donors (Lipinski definition) is 3. The van der Waals surface area contributed by atoms with Gasteiger partial charge < -0.3 is 25.2 Å². The summed E-state index contributed by atoms with van der Waals surface area (Å²) >= 11 is 0. The van der Waals surface area contributed by atoms with Gasteiger partial charge in [-0.25, -0.2) is 0 Å². The van der Waals surface area contributed by atoms with Crippen molar-refractivity contribution in [1.29, 1.82) is 0 Å². The molecule has 0 radical (unpaired) electrons. The van der Waals surface area contributed by atoms with Gasteiger partial charge >= 0.3 is 0 Å². The lowest BCUT2D eigenvalue weighted by Crippen LogP contribution is -2.52. The van der Waals surface area contributed by atoms with E-state index in [4.69, 9.17) is 9.47 Å². The van der Waals surface area contributed by atoms with Crippen LogP contribution in [0.5, 0.6) is 5.75 Å². The zero-order valence-electron chi connectivity index (χ0n) is 20.0. The topological polar surface area (TPSA) is 79.8 Å². The van der Waals surface area contributed by atoms with Crippen molar-refractivity contribution in [3.05, 3.63) is 65.2 Å². The van der Waals surface area contributed by atoms with Crippen LogP contribution >= 0.6 is 0 Å². The molecule has 1 amide bonds. The van der Waals surface area contributed by atoms with Crippen molar-refractivity contribution in [3.63, 3.8) is 0 Å². The summed E-state index contributed by atoms with van der Waals surface area (Å²) in [6, 6.07) is 16.2. The summed E-state index contributed by atoms with van der Waals surface area (Å²) in [4.78, 5) is 11.8. The van der Waals surface area contributed by atoms with Crippen LogP contribution in [0.15, 0.2) is 48.5 Å². The molecule has 2 heterocycles. The van der Waals surface area contributed by atoms with Gasteiger partial charge in [-0.3, -0.25) is 4.79 Å². The van der Waals surface area contributed by atoms with Gasteiger partial charge in [-0.1, -0.05) is 36.4 Å². The molecule has 182 valence electrons. The van der Waals surface area contributed by atoms with Crippen LogP contribution in [-0.2, 0) is 16.0 Å². The molecule has 4 atom stereocenters. The lowest BCUT2D eigenvalue weighted by Gasteiger charge is -2.48. The number of fused-ring (bicyclic) bond motifs is 1. The summed E-state index contributed by atoms with van der Waals surface area (Å²) < 4.78 is 12.4. The second kappa shape index (κ2) is 10.1. The smallest absolute Gasteiger partial charge is 0.217 e. The Labute approximate surface area is 202 Å². The average molecular weight is 465 g/mol. The Morgan fingerprint density at radius 1 is 1.18 bits per heavy atom. The fraction of sp³-hybridized carbons (Fsp3) is 0.536. The molecule has 1 spiro atoms. The number of rotatable bonds is 8. The number of amides is 1. The van der Waals surface area contributed by atoms with Crippen molar-refractivity contribution >= 4 is 5.91 Å². The van der Waals surface area contributed by atoms with E-state index in [9.17, 15) is 9.90 Å².